The van der Waals surface area contributed by atoms with E-state index >= 15 is 0 Å². The molecule has 2 rings (SSSR count). The van der Waals surface area contributed by atoms with Gasteiger partial charge >= 0.3 is 5.97 Å². The molecule has 0 saturated heterocycles. The summed E-state index contributed by atoms with van der Waals surface area (Å²) in [5.41, 5.74) is 2.60. The molecule has 1 N–H and O–H groups in total. The van der Waals surface area contributed by atoms with Crippen LogP contribution in [0.25, 0.3) is 0 Å². The highest BCUT2D eigenvalue weighted by Crippen LogP contribution is 2.20. The van der Waals surface area contributed by atoms with E-state index in [9.17, 15) is 9.59 Å². The standard InChI is InChI=1S/C19H20ClNO4/c1-13-3-7-16(8-4-13)24-10-9-19(23)25-12-18(22)21-17-11-15(20)6-5-14(17)2/h3-8,11H,9-10,12H2,1-2H3,(H,21,22). The third-order valence-electron chi connectivity index (χ3n) is 3.43. The number of amides is 1. The molecule has 0 radical (unpaired) electrons. The Morgan fingerprint density at radius 2 is 1.80 bits per heavy atom. The van der Waals surface area contributed by atoms with Gasteiger partial charge in [0.1, 0.15) is 5.75 Å². The Morgan fingerprint density at radius 3 is 2.52 bits per heavy atom. The fourth-order valence-corrected chi connectivity index (χ4v) is 2.19. The first-order chi connectivity index (χ1) is 11.9. The normalized spacial score (nSPS) is 10.2. The smallest absolute Gasteiger partial charge is 0.309 e. The summed E-state index contributed by atoms with van der Waals surface area (Å²) in [6.45, 7) is 3.67. The maximum atomic E-state index is 11.8. The van der Waals surface area contributed by atoms with E-state index in [1.807, 2.05) is 38.1 Å². The molecule has 0 aliphatic carbocycles. The molecular weight excluding hydrogens is 342 g/mol. The molecule has 0 aliphatic heterocycles. The summed E-state index contributed by atoms with van der Waals surface area (Å²) < 4.78 is 10.4. The number of hydrogen-bond donors (Lipinski definition) is 1. The molecule has 2 aromatic carbocycles. The summed E-state index contributed by atoms with van der Waals surface area (Å²) in [7, 11) is 0. The number of aryl methyl sites for hydroxylation is 2. The summed E-state index contributed by atoms with van der Waals surface area (Å²) in [6.07, 6.45) is 0.0668. The largest absolute Gasteiger partial charge is 0.493 e. The summed E-state index contributed by atoms with van der Waals surface area (Å²) in [5.74, 6) is -0.226. The van der Waals surface area contributed by atoms with E-state index < -0.39 is 11.9 Å². The van der Waals surface area contributed by atoms with Gasteiger partial charge in [-0.05, 0) is 43.7 Å². The Labute approximate surface area is 151 Å². The molecule has 0 saturated carbocycles. The van der Waals surface area contributed by atoms with Crippen molar-refractivity contribution < 1.29 is 19.1 Å². The van der Waals surface area contributed by atoms with Crippen molar-refractivity contribution in [2.45, 2.75) is 20.3 Å². The Hall–Kier alpha value is -2.53. The Morgan fingerprint density at radius 1 is 1.08 bits per heavy atom. The Bertz CT molecular complexity index is 744. The number of rotatable bonds is 7. The number of anilines is 1. The van der Waals surface area contributed by atoms with Crippen LogP contribution in [0.15, 0.2) is 42.5 Å². The van der Waals surface area contributed by atoms with Crippen LogP contribution in [0.1, 0.15) is 17.5 Å². The predicted molar refractivity (Wildman–Crippen MR) is 97.1 cm³/mol. The fourth-order valence-electron chi connectivity index (χ4n) is 2.02. The zero-order valence-electron chi connectivity index (χ0n) is 14.2. The SMILES string of the molecule is Cc1ccc(OCCC(=O)OCC(=O)Nc2cc(Cl)ccc2C)cc1. The van der Waals surface area contributed by atoms with Crippen molar-refractivity contribution in [1.29, 1.82) is 0 Å². The monoisotopic (exact) mass is 361 g/mol. The van der Waals surface area contributed by atoms with E-state index in [0.29, 0.717) is 16.5 Å². The molecule has 2 aromatic rings. The number of esters is 1. The van der Waals surface area contributed by atoms with Gasteiger partial charge in [-0.25, -0.2) is 0 Å². The lowest BCUT2D eigenvalue weighted by atomic mass is 10.2. The quantitative estimate of drug-likeness (QED) is 0.759. The minimum atomic E-state index is -0.495. The van der Waals surface area contributed by atoms with Crippen molar-refractivity contribution in [3.63, 3.8) is 0 Å². The first-order valence-electron chi connectivity index (χ1n) is 7.85. The fraction of sp³-hybridized carbons (Fsp3) is 0.263. The minimum absolute atomic E-state index is 0.0668. The molecule has 132 valence electrons. The molecule has 0 unspecified atom stereocenters. The van der Waals surface area contributed by atoms with Crippen LogP contribution in [-0.4, -0.2) is 25.1 Å². The number of carbonyl (C=O) groups is 2. The number of ether oxygens (including phenoxy) is 2. The molecule has 0 atom stereocenters. The van der Waals surface area contributed by atoms with Crippen LogP contribution in [0.5, 0.6) is 5.75 Å². The van der Waals surface area contributed by atoms with Crippen molar-refractivity contribution >= 4 is 29.2 Å². The first kappa shape index (κ1) is 18.8. The Balaban J connectivity index is 1.69. The molecule has 0 bridgehead atoms. The van der Waals surface area contributed by atoms with Crippen LogP contribution in [-0.2, 0) is 14.3 Å². The van der Waals surface area contributed by atoms with Crippen molar-refractivity contribution in [1.82, 2.24) is 0 Å². The zero-order chi connectivity index (χ0) is 18.2. The number of nitrogens with one attached hydrogen (secondary N) is 1. The van der Waals surface area contributed by atoms with E-state index in [-0.39, 0.29) is 19.6 Å². The first-order valence-corrected chi connectivity index (χ1v) is 8.23. The topological polar surface area (TPSA) is 64.6 Å². The van der Waals surface area contributed by atoms with E-state index in [4.69, 9.17) is 21.1 Å². The molecule has 0 fully saturated rings. The van der Waals surface area contributed by atoms with E-state index in [0.717, 1.165) is 11.1 Å². The van der Waals surface area contributed by atoms with Crippen LogP contribution in [0.2, 0.25) is 5.02 Å². The summed E-state index contributed by atoms with van der Waals surface area (Å²) in [4.78, 5) is 23.5. The van der Waals surface area contributed by atoms with Crippen molar-refractivity contribution in [3.05, 3.63) is 58.6 Å². The molecule has 1 amide bonds. The molecule has 0 aliphatic rings. The van der Waals surface area contributed by atoms with Crippen molar-refractivity contribution in [2.75, 3.05) is 18.5 Å². The van der Waals surface area contributed by atoms with Gasteiger partial charge < -0.3 is 14.8 Å². The maximum Gasteiger partial charge on any atom is 0.309 e. The van der Waals surface area contributed by atoms with Gasteiger partial charge in [-0.1, -0.05) is 35.4 Å². The highest BCUT2D eigenvalue weighted by Gasteiger charge is 2.10. The van der Waals surface area contributed by atoms with Gasteiger partial charge in [-0.2, -0.15) is 0 Å². The van der Waals surface area contributed by atoms with Gasteiger partial charge in [0.2, 0.25) is 0 Å². The van der Waals surface area contributed by atoms with Gasteiger partial charge in [0.05, 0.1) is 13.0 Å². The second kappa shape index (κ2) is 9.08. The van der Waals surface area contributed by atoms with E-state index in [2.05, 4.69) is 5.32 Å². The molecule has 0 aromatic heterocycles. The second-order valence-electron chi connectivity index (χ2n) is 5.58. The molecular formula is C19H20ClNO4. The van der Waals surface area contributed by atoms with Crippen LogP contribution in [0.4, 0.5) is 5.69 Å². The molecule has 25 heavy (non-hydrogen) atoms. The lowest BCUT2D eigenvalue weighted by Crippen LogP contribution is -2.22. The van der Waals surface area contributed by atoms with Crippen LogP contribution < -0.4 is 10.1 Å². The lowest BCUT2D eigenvalue weighted by molar-refractivity contribution is -0.147. The number of hydrogen-bond acceptors (Lipinski definition) is 4. The molecule has 0 heterocycles. The van der Waals surface area contributed by atoms with Crippen molar-refractivity contribution in [3.8, 4) is 5.75 Å². The molecule has 6 heteroatoms. The summed E-state index contributed by atoms with van der Waals surface area (Å²) in [5, 5.41) is 3.18. The highest BCUT2D eigenvalue weighted by atomic mass is 35.5. The van der Waals surface area contributed by atoms with Crippen LogP contribution in [0, 0.1) is 13.8 Å². The lowest BCUT2D eigenvalue weighted by Gasteiger charge is -2.10. The molecule has 5 nitrogen and oxygen atoms in total. The third-order valence-corrected chi connectivity index (χ3v) is 3.67. The summed E-state index contributed by atoms with van der Waals surface area (Å²) >= 11 is 5.89. The van der Waals surface area contributed by atoms with Gasteiger partial charge in [0, 0.05) is 10.7 Å². The van der Waals surface area contributed by atoms with Gasteiger partial charge in [-0.15, -0.1) is 0 Å². The van der Waals surface area contributed by atoms with Crippen LogP contribution >= 0.6 is 11.6 Å². The summed E-state index contributed by atoms with van der Waals surface area (Å²) in [6, 6.07) is 12.7. The zero-order valence-corrected chi connectivity index (χ0v) is 14.9. The number of carbonyl (C=O) groups excluding carboxylic acids is 2. The molecule has 0 spiro atoms. The van der Waals surface area contributed by atoms with E-state index in [1.165, 1.54) is 0 Å². The van der Waals surface area contributed by atoms with Gasteiger partial charge in [0.25, 0.3) is 5.91 Å². The van der Waals surface area contributed by atoms with Gasteiger partial charge in [-0.3, -0.25) is 9.59 Å². The van der Waals surface area contributed by atoms with E-state index in [1.54, 1.807) is 18.2 Å². The van der Waals surface area contributed by atoms with Gasteiger partial charge in [0.15, 0.2) is 6.61 Å². The minimum Gasteiger partial charge on any atom is -0.493 e. The maximum absolute atomic E-state index is 11.8. The third kappa shape index (κ3) is 6.47. The second-order valence-corrected chi connectivity index (χ2v) is 6.02. The average Bonchev–Trinajstić information content (AvgIpc) is 2.58. The highest BCUT2D eigenvalue weighted by molar-refractivity contribution is 6.31. The number of benzene rings is 2. The predicted octanol–water partition coefficient (Wildman–Crippen LogP) is 3.91. The number of halogens is 1. The average molecular weight is 362 g/mol. The van der Waals surface area contributed by atoms with Crippen LogP contribution in [0.3, 0.4) is 0 Å². The Kier molecular flexibility index (Phi) is 6.83. The van der Waals surface area contributed by atoms with Crippen molar-refractivity contribution in [2.24, 2.45) is 0 Å².